The van der Waals surface area contributed by atoms with E-state index in [0.717, 1.165) is 5.76 Å². The zero-order valence-electron chi connectivity index (χ0n) is 13.9. The molecule has 0 N–H and O–H groups in total. The lowest BCUT2D eigenvalue weighted by molar-refractivity contribution is -0.0404. The molecule has 3 rings (SSSR count). The molecule has 1 saturated heterocycles. The van der Waals surface area contributed by atoms with Crippen LogP contribution in [0.2, 0.25) is 0 Å². The van der Waals surface area contributed by atoms with E-state index in [9.17, 15) is 4.79 Å². The van der Waals surface area contributed by atoms with E-state index in [1.165, 1.54) is 6.26 Å². The average Bonchev–Trinajstić information content (AvgIpc) is 3.06. The summed E-state index contributed by atoms with van der Waals surface area (Å²) in [4.78, 5) is 14.3. The van der Waals surface area contributed by atoms with E-state index in [0.29, 0.717) is 43.4 Å². The van der Waals surface area contributed by atoms with E-state index in [1.54, 1.807) is 18.1 Å². The number of furan rings is 1. The highest BCUT2D eigenvalue weighted by molar-refractivity contribution is 5.94. The second-order valence-corrected chi connectivity index (χ2v) is 5.65. The number of nitrogens with zero attached hydrogens (tertiary/aromatic N) is 1. The molecule has 6 heteroatoms. The summed E-state index contributed by atoms with van der Waals surface area (Å²) in [5.41, 5.74) is 0.568. The lowest BCUT2D eigenvalue weighted by atomic mass is 10.2. The van der Waals surface area contributed by atoms with E-state index in [4.69, 9.17) is 18.6 Å². The van der Waals surface area contributed by atoms with Crippen LogP contribution in [0.4, 0.5) is 0 Å². The number of carbonyl (C=O) groups excluding carboxylic acids is 1. The normalized spacial score (nSPS) is 17.6. The molecule has 1 unspecified atom stereocenters. The minimum absolute atomic E-state index is 0.0440. The summed E-state index contributed by atoms with van der Waals surface area (Å²) in [6.07, 6.45) is 1.31. The first-order valence-corrected chi connectivity index (χ1v) is 7.89. The van der Waals surface area contributed by atoms with Crippen molar-refractivity contribution in [1.82, 2.24) is 4.90 Å². The maximum absolute atomic E-state index is 12.5. The number of benzene rings is 1. The number of carbonyl (C=O) groups is 1. The van der Waals surface area contributed by atoms with Crippen molar-refractivity contribution in [2.75, 3.05) is 33.4 Å². The summed E-state index contributed by atoms with van der Waals surface area (Å²) in [6, 6.07) is 9.21. The third kappa shape index (κ3) is 3.71. The van der Waals surface area contributed by atoms with Gasteiger partial charge in [0.15, 0.2) is 11.5 Å². The van der Waals surface area contributed by atoms with Gasteiger partial charge in [0.1, 0.15) is 24.7 Å². The van der Waals surface area contributed by atoms with Gasteiger partial charge in [0.05, 0.1) is 25.8 Å². The molecule has 1 fully saturated rings. The molecule has 0 bridgehead atoms. The van der Waals surface area contributed by atoms with Gasteiger partial charge in [0, 0.05) is 6.54 Å². The molecule has 2 heterocycles. The second-order valence-electron chi connectivity index (χ2n) is 5.65. The van der Waals surface area contributed by atoms with Crippen LogP contribution >= 0.6 is 0 Å². The topological polar surface area (TPSA) is 61.1 Å². The Kier molecular flexibility index (Phi) is 5.05. The van der Waals surface area contributed by atoms with Crippen molar-refractivity contribution in [3.63, 3.8) is 0 Å². The largest absolute Gasteiger partial charge is 0.493 e. The van der Waals surface area contributed by atoms with Crippen LogP contribution in [-0.2, 0) is 4.74 Å². The fourth-order valence-electron chi connectivity index (χ4n) is 2.66. The molecule has 1 amide bonds. The molecule has 1 aliphatic rings. The van der Waals surface area contributed by atoms with Gasteiger partial charge in [0.25, 0.3) is 5.91 Å². The van der Waals surface area contributed by atoms with Crippen LogP contribution in [0.15, 0.2) is 41.0 Å². The highest BCUT2D eigenvalue weighted by Crippen LogP contribution is 2.26. The summed E-state index contributed by atoms with van der Waals surface area (Å²) in [5.74, 6) is 2.02. The first kappa shape index (κ1) is 16.4. The Morgan fingerprint density at radius 3 is 2.83 bits per heavy atom. The quantitative estimate of drug-likeness (QED) is 0.842. The molecule has 0 aliphatic carbocycles. The van der Waals surface area contributed by atoms with E-state index in [-0.39, 0.29) is 12.0 Å². The maximum atomic E-state index is 12.5. The zero-order valence-corrected chi connectivity index (χ0v) is 13.9. The van der Waals surface area contributed by atoms with E-state index < -0.39 is 0 Å². The fraction of sp³-hybridized carbons (Fsp3) is 0.389. The Morgan fingerprint density at radius 1 is 1.33 bits per heavy atom. The Labute approximate surface area is 140 Å². The van der Waals surface area contributed by atoms with Gasteiger partial charge in [-0.1, -0.05) is 12.1 Å². The predicted molar refractivity (Wildman–Crippen MR) is 87.6 cm³/mol. The van der Waals surface area contributed by atoms with Gasteiger partial charge in [-0.25, -0.2) is 0 Å². The Hall–Kier alpha value is -2.47. The summed E-state index contributed by atoms with van der Waals surface area (Å²) >= 11 is 0. The Bertz CT molecular complexity index is 696. The molecule has 1 aromatic carbocycles. The van der Waals surface area contributed by atoms with Gasteiger partial charge in [0.2, 0.25) is 0 Å². The third-order valence-corrected chi connectivity index (χ3v) is 3.90. The third-order valence-electron chi connectivity index (χ3n) is 3.90. The Morgan fingerprint density at radius 2 is 2.12 bits per heavy atom. The molecule has 0 radical (unpaired) electrons. The van der Waals surface area contributed by atoms with Gasteiger partial charge >= 0.3 is 0 Å². The smallest absolute Gasteiger partial charge is 0.257 e. The van der Waals surface area contributed by atoms with Crippen LogP contribution in [0.5, 0.6) is 11.5 Å². The SMILES string of the molecule is COc1ccccc1OCC1CN(C(=O)c2coc(C)c2)CCO1. The number of methoxy groups -OCH3 is 1. The van der Waals surface area contributed by atoms with Crippen LogP contribution < -0.4 is 9.47 Å². The van der Waals surface area contributed by atoms with Crippen LogP contribution in [0, 0.1) is 6.92 Å². The van der Waals surface area contributed by atoms with Gasteiger partial charge < -0.3 is 23.5 Å². The summed E-state index contributed by atoms with van der Waals surface area (Å²) in [7, 11) is 1.60. The molecule has 0 saturated carbocycles. The van der Waals surface area contributed by atoms with Crippen LogP contribution in [0.3, 0.4) is 0 Å². The molecular formula is C18H21NO5. The first-order valence-electron chi connectivity index (χ1n) is 7.89. The number of hydrogen-bond acceptors (Lipinski definition) is 5. The summed E-state index contributed by atoms with van der Waals surface area (Å²) in [5, 5.41) is 0. The predicted octanol–water partition coefficient (Wildman–Crippen LogP) is 2.52. The molecule has 1 aliphatic heterocycles. The molecule has 1 aromatic heterocycles. The number of aryl methyl sites for hydroxylation is 1. The standard InChI is InChI=1S/C18H21NO5/c1-13-9-14(11-23-13)18(20)19-7-8-22-15(10-19)12-24-17-6-4-3-5-16(17)21-2/h3-6,9,11,15H,7-8,10,12H2,1-2H3. The number of ether oxygens (including phenoxy) is 3. The number of amides is 1. The van der Waals surface area contributed by atoms with Crippen LogP contribution in [0.1, 0.15) is 16.1 Å². The average molecular weight is 331 g/mol. The summed E-state index contributed by atoms with van der Waals surface area (Å²) < 4.78 is 22.0. The van der Waals surface area contributed by atoms with Crippen molar-refractivity contribution in [1.29, 1.82) is 0 Å². The fourth-order valence-corrected chi connectivity index (χ4v) is 2.66. The Balaban J connectivity index is 1.58. The molecule has 24 heavy (non-hydrogen) atoms. The van der Waals surface area contributed by atoms with Crippen LogP contribution in [-0.4, -0.2) is 50.3 Å². The van der Waals surface area contributed by atoms with Crippen molar-refractivity contribution < 1.29 is 23.4 Å². The monoisotopic (exact) mass is 331 g/mol. The summed E-state index contributed by atoms with van der Waals surface area (Å²) in [6.45, 7) is 3.71. The molecule has 2 aromatic rings. The second kappa shape index (κ2) is 7.40. The van der Waals surface area contributed by atoms with Crippen molar-refractivity contribution >= 4 is 5.91 Å². The van der Waals surface area contributed by atoms with Gasteiger partial charge in [-0.3, -0.25) is 4.79 Å². The minimum Gasteiger partial charge on any atom is -0.493 e. The highest BCUT2D eigenvalue weighted by Gasteiger charge is 2.26. The van der Waals surface area contributed by atoms with Gasteiger partial charge in [-0.05, 0) is 25.1 Å². The van der Waals surface area contributed by atoms with Crippen molar-refractivity contribution in [2.45, 2.75) is 13.0 Å². The first-order chi connectivity index (χ1) is 11.7. The van der Waals surface area contributed by atoms with Gasteiger partial charge in [-0.15, -0.1) is 0 Å². The highest BCUT2D eigenvalue weighted by atomic mass is 16.5. The molecule has 128 valence electrons. The lowest BCUT2D eigenvalue weighted by Crippen LogP contribution is -2.47. The zero-order chi connectivity index (χ0) is 16.9. The van der Waals surface area contributed by atoms with Crippen molar-refractivity contribution in [3.8, 4) is 11.5 Å². The maximum Gasteiger partial charge on any atom is 0.257 e. The minimum atomic E-state index is -0.180. The molecular weight excluding hydrogens is 310 g/mol. The van der Waals surface area contributed by atoms with Gasteiger partial charge in [-0.2, -0.15) is 0 Å². The number of hydrogen-bond donors (Lipinski definition) is 0. The van der Waals surface area contributed by atoms with E-state index in [1.807, 2.05) is 31.2 Å². The number of morpholine rings is 1. The number of para-hydroxylation sites is 2. The van der Waals surface area contributed by atoms with E-state index >= 15 is 0 Å². The molecule has 1 atom stereocenters. The van der Waals surface area contributed by atoms with Crippen molar-refractivity contribution in [2.24, 2.45) is 0 Å². The van der Waals surface area contributed by atoms with Crippen molar-refractivity contribution in [3.05, 3.63) is 47.9 Å². The van der Waals surface area contributed by atoms with E-state index in [2.05, 4.69) is 0 Å². The number of rotatable bonds is 5. The molecule has 0 spiro atoms. The van der Waals surface area contributed by atoms with Crippen LogP contribution in [0.25, 0.3) is 0 Å². The lowest BCUT2D eigenvalue weighted by Gasteiger charge is -2.32. The molecule has 6 nitrogen and oxygen atoms in total.